The number of nitriles is 1. The van der Waals surface area contributed by atoms with Crippen molar-refractivity contribution in [3.05, 3.63) is 64.7 Å². The Morgan fingerprint density at radius 2 is 1.85 bits per heavy atom. The number of carbonyl (C=O) groups is 2. The number of carboxylic acid groups (broad SMARTS) is 1. The monoisotopic (exact) mass is 364 g/mol. The number of aliphatic carboxylic acids is 1. The van der Waals surface area contributed by atoms with Crippen molar-refractivity contribution in [3.63, 3.8) is 0 Å². The molecule has 0 saturated carbocycles. The van der Waals surface area contributed by atoms with Crippen LogP contribution in [0.4, 0.5) is 5.69 Å². The summed E-state index contributed by atoms with van der Waals surface area (Å²) in [5.41, 5.74) is 3.23. The summed E-state index contributed by atoms with van der Waals surface area (Å²) < 4.78 is 5.25. The average Bonchev–Trinajstić information content (AvgIpc) is 2.63. The van der Waals surface area contributed by atoms with Gasteiger partial charge in [0.05, 0.1) is 0 Å². The number of carboxylic acids is 1. The van der Waals surface area contributed by atoms with Gasteiger partial charge in [-0.25, -0.2) is 4.79 Å². The lowest BCUT2D eigenvalue weighted by atomic mass is 10.1. The average molecular weight is 364 g/mol. The van der Waals surface area contributed by atoms with Gasteiger partial charge in [-0.1, -0.05) is 29.8 Å². The number of benzene rings is 2. The highest BCUT2D eigenvalue weighted by Gasteiger charge is 2.13. The van der Waals surface area contributed by atoms with E-state index < -0.39 is 18.0 Å². The zero-order chi connectivity index (χ0) is 20.0. The van der Waals surface area contributed by atoms with Crippen LogP contribution in [0.2, 0.25) is 0 Å². The molecule has 2 rings (SSSR count). The number of anilines is 1. The molecule has 2 N–H and O–H groups in total. The van der Waals surface area contributed by atoms with E-state index in [-0.39, 0.29) is 5.57 Å². The van der Waals surface area contributed by atoms with Crippen LogP contribution >= 0.6 is 0 Å². The number of nitrogens with one attached hydrogen (secondary N) is 1. The predicted molar refractivity (Wildman–Crippen MR) is 102 cm³/mol. The van der Waals surface area contributed by atoms with Crippen LogP contribution in [-0.2, 0) is 9.59 Å². The second kappa shape index (κ2) is 8.68. The number of amides is 1. The topological polar surface area (TPSA) is 99.4 Å². The van der Waals surface area contributed by atoms with Gasteiger partial charge in [0.1, 0.15) is 17.4 Å². The van der Waals surface area contributed by atoms with E-state index in [0.717, 1.165) is 11.1 Å². The highest BCUT2D eigenvalue weighted by Crippen LogP contribution is 2.19. The molecule has 0 aliphatic carbocycles. The maximum absolute atomic E-state index is 12.4. The molecule has 2 aromatic carbocycles. The molecule has 0 unspecified atom stereocenters. The van der Waals surface area contributed by atoms with Gasteiger partial charge in [0.2, 0.25) is 0 Å². The Labute approximate surface area is 157 Å². The van der Waals surface area contributed by atoms with Crippen molar-refractivity contribution in [2.24, 2.45) is 0 Å². The summed E-state index contributed by atoms with van der Waals surface area (Å²) in [6, 6.07) is 14.0. The van der Waals surface area contributed by atoms with Crippen LogP contribution in [0.5, 0.6) is 5.75 Å². The Kier molecular flexibility index (Phi) is 6.34. The molecular weight excluding hydrogens is 344 g/mol. The van der Waals surface area contributed by atoms with Gasteiger partial charge in [-0.05, 0) is 56.2 Å². The molecule has 0 radical (unpaired) electrons. The summed E-state index contributed by atoms with van der Waals surface area (Å²) in [6.45, 7) is 5.28. The van der Waals surface area contributed by atoms with Crippen LogP contribution in [0.1, 0.15) is 23.6 Å². The molecule has 27 heavy (non-hydrogen) atoms. The maximum Gasteiger partial charge on any atom is 0.344 e. The van der Waals surface area contributed by atoms with Crippen molar-refractivity contribution in [2.75, 3.05) is 5.32 Å². The van der Waals surface area contributed by atoms with Gasteiger partial charge < -0.3 is 15.2 Å². The van der Waals surface area contributed by atoms with Crippen molar-refractivity contribution in [1.29, 1.82) is 5.26 Å². The van der Waals surface area contributed by atoms with E-state index in [9.17, 15) is 14.9 Å². The molecule has 0 heterocycles. The Balaban J connectivity index is 2.14. The Bertz CT molecular complexity index is 924. The number of carbonyl (C=O) groups excluding carboxylic acids is 1. The molecule has 138 valence electrons. The van der Waals surface area contributed by atoms with Crippen LogP contribution in [0.3, 0.4) is 0 Å². The molecule has 2 aromatic rings. The minimum Gasteiger partial charge on any atom is -0.479 e. The first-order valence-corrected chi connectivity index (χ1v) is 8.30. The lowest BCUT2D eigenvalue weighted by molar-refractivity contribution is -0.144. The lowest BCUT2D eigenvalue weighted by Crippen LogP contribution is -2.22. The quantitative estimate of drug-likeness (QED) is 0.601. The fourth-order valence-corrected chi connectivity index (χ4v) is 2.36. The number of nitrogens with zero attached hydrogens (tertiary/aromatic N) is 1. The summed E-state index contributed by atoms with van der Waals surface area (Å²) in [5.74, 6) is -1.17. The van der Waals surface area contributed by atoms with Gasteiger partial charge in [0.15, 0.2) is 6.10 Å². The van der Waals surface area contributed by atoms with Gasteiger partial charge in [-0.3, -0.25) is 4.79 Å². The van der Waals surface area contributed by atoms with Crippen molar-refractivity contribution in [2.45, 2.75) is 26.9 Å². The highest BCUT2D eigenvalue weighted by atomic mass is 16.5. The summed E-state index contributed by atoms with van der Waals surface area (Å²) in [4.78, 5) is 23.2. The molecule has 0 aliphatic rings. The first-order valence-electron chi connectivity index (χ1n) is 8.30. The smallest absolute Gasteiger partial charge is 0.344 e. The second-order valence-corrected chi connectivity index (χ2v) is 6.11. The molecule has 1 atom stereocenters. The molecule has 6 nitrogen and oxygen atoms in total. The largest absolute Gasteiger partial charge is 0.479 e. The molecule has 0 saturated heterocycles. The number of aryl methyl sites for hydroxylation is 2. The maximum atomic E-state index is 12.4. The third-order valence-electron chi connectivity index (χ3n) is 3.85. The number of hydrogen-bond acceptors (Lipinski definition) is 4. The van der Waals surface area contributed by atoms with E-state index in [1.807, 2.05) is 32.0 Å². The van der Waals surface area contributed by atoms with Gasteiger partial charge in [0, 0.05) is 5.69 Å². The van der Waals surface area contributed by atoms with Crippen molar-refractivity contribution in [1.82, 2.24) is 0 Å². The van der Waals surface area contributed by atoms with Crippen LogP contribution in [-0.4, -0.2) is 23.1 Å². The molecule has 0 aromatic heterocycles. The summed E-state index contributed by atoms with van der Waals surface area (Å²) in [7, 11) is 0. The fourth-order valence-electron chi connectivity index (χ4n) is 2.36. The second-order valence-electron chi connectivity index (χ2n) is 6.11. The minimum absolute atomic E-state index is 0.0393. The van der Waals surface area contributed by atoms with Crippen molar-refractivity contribution >= 4 is 23.6 Å². The van der Waals surface area contributed by atoms with E-state index in [2.05, 4.69) is 5.32 Å². The minimum atomic E-state index is -1.06. The number of ether oxygens (including phenoxy) is 1. The molecule has 0 bridgehead atoms. The molecule has 0 fully saturated rings. The number of rotatable bonds is 6. The Morgan fingerprint density at radius 3 is 2.41 bits per heavy atom. The zero-order valence-electron chi connectivity index (χ0n) is 15.3. The normalized spacial score (nSPS) is 12.0. The predicted octanol–water partition coefficient (Wildman–Crippen LogP) is 3.70. The van der Waals surface area contributed by atoms with E-state index in [0.29, 0.717) is 17.0 Å². The molecule has 0 spiro atoms. The molecule has 1 amide bonds. The first-order chi connectivity index (χ1) is 12.8. The standard InChI is InChI=1S/C21H20N2O4/c1-13-4-9-19(14(2)10-13)23-20(24)17(12-22)11-16-5-7-18(8-6-16)27-15(3)21(25)26/h4-11,15H,1-3H3,(H,23,24)(H,25,26)/b17-11-/t15-/m1/s1. The van der Waals surface area contributed by atoms with Crippen LogP contribution in [0.15, 0.2) is 48.0 Å². The Hall–Kier alpha value is -3.59. The van der Waals surface area contributed by atoms with E-state index in [1.165, 1.54) is 13.0 Å². The summed E-state index contributed by atoms with van der Waals surface area (Å²) in [5, 5.41) is 20.9. The van der Waals surface area contributed by atoms with Gasteiger partial charge in [-0.15, -0.1) is 0 Å². The molecule has 6 heteroatoms. The van der Waals surface area contributed by atoms with Crippen molar-refractivity contribution < 1.29 is 19.4 Å². The van der Waals surface area contributed by atoms with E-state index in [1.54, 1.807) is 30.3 Å². The van der Waals surface area contributed by atoms with E-state index >= 15 is 0 Å². The fraction of sp³-hybridized carbons (Fsp3) is 0.190. The number of hydrogen-bond donors (Lipinski definition) is 2. The third-order valence-corrected chi connectivity index (χ3v) is 3.85. The van der Waals surface area contributed by atoms with E-state index in [4.69, 9.17) is 9.84 Å². The Morgan fingerprint density at radius 1 is 1.19 bits per heavy atom. The first kappa shape index (κ1) is 19.7. The summed E-state index contributed by atoms with van der Waals surface area (Å²) >= 11 is 0. The van der Waals surface area contributed by atoms with Crippen LogP contribution in [0, 0.1) is 25.2 Å². The highest BCUT2D eigenvalue weighted by molar-refractivity contribution is 6.09. The SMILES string of the molecule is Cc1ccc(NC(=O)/C(C#N)=C\c2ccc(O[C@H](C)C(=O)O)cc2)c(C)c1. The van der Waals surface area contributed by atoms with Crippen molar-refractivity contribution in [3.8, 4) is 11.8 Å². The molecular formula is C21H20N2O4. The third kappa shape index (κ3) is 5.44. The van der Waals surface area contributed by atoms with Gasteiger partial charge in [-0.2, -0.15) is 5.26 Å². The zero-order valence-corrected chi connectivity index (χ0v) is 15.3. The molecule has 0 aliphatic heterocycles. The van der Waals surface area contributed by atoms with Crippen LogP contribution < -0.4 is 10.1 Å². The lowest BCUT2D eigenvalue weighted by Gasteiger charge is -2.10. The van der Waals surface area contributed by atoms with Gasteiger partial charge >= 0.3 is 5.97 Å². The summed E-state index contributed by atoms with van der Waals surface area (Å²) in [6.07, 6.45) is 0.494. The van der Waals surface area contributed by atoms with Gasteiger partial charge in [0.25, 0.3) is 5.91 Å². The van der Waals surface area contributed by atoms with Crippen LogP contribution in [0.25, 0.3) is 6.08 Å².